The Morgan fingerprint density at radius 1 is 1.60 bits per heavy atom. The molecule has 0 aromatic carbocycles. The Kier molecular flexibility index (Phi) is 3.25. The van der Waals surface area contributed by atoms with E-state index in [4.69, 9.17) is 5.73 Å². The standard InChI is InChI=1S/C7H11NS2/c1-9-7-3-2-6(10-7)4-5-8/h2-3H,4-5,8H2,1H3. The van der Waals surface area contributed by atoms with E-state index in [0.717, 1.165) is 13.0 Å². The number of thioether (sulfide) groups is 1. The van der Waals surface area contributed by atoms with Gasteiger partial charge in [-0.3, -0.25) is 0 Å². The Morgan fingerprint density at radius 3 is 2.90 bits per heavy atom. The number of hydrogen-bond donors (Lipinski definition) is 1. The van der Waals surface area contributed by atoms with Gasteiger partial charge in [-0.25, -0.2) is 0 Å². The van der Waals surface area contributed by atoms with Gasteiger partial charge in [-0.2, -0.15) is 0 Å². The monoisotopic (exact) mass is 173 g/mol. The number of rotatable bonds is 3. The highest BCUT2D eigenvalue weighted by molar-refractivity contribution is 8.00. The minimum Gasteiger partial charge on any atom is -0.330 e. The van der Waals surface area contributed by atoms with Crippen LogP contribution < -0.4 is 5.73 Å². The molecule has 0 bridgehead atoms. The molecule has 0 aliphatic carbocycles. The predicted molar refractivity (Wildman–Crippen MR) is 48.9 cm³/mol. The molecule has 0 saturated carbocycles. The second kappa shape index (κ2) is 4.01. The molecular formula is C7H11NS2. The minimum absolute atomic E-state index is 0.758. The van der Waals surface area contributed by atoms with Crippen LogP contribution in [0.2, 0.25) is 0 Å². The molecule has 0 saturated heterocycles. The summed E-state index contributed by atoms with van der Waals surface area (Å²) in [5.41, 5.74) is 5.41. The molecule has 56 valence electrons. The van der Waals surface area contributed by atoms with E-state index < -0.39 is 0 Å². The Labute approximate surface area is 69.6 Å². The van der Waals surface area contributed by atoms with Crippen LogP contribution in [0.25, 0.3) is 0 Å². The molecule has 1 rings (SSSR count). The van der Waals surface area contributed by atoms with E-state index >= 15 is 0 Å². The fourth-order valence-electron chi connectivity index (χ4n) is 0.745. The average molecular weight is 173 g/mol. The summed E-state index contributed by atoms with van der Waals surface area (Å²) in [6, 6.07) is 4.31. The first-order valence-corrected chi connectivity index (χ1v) is 5.23. The van der Waals surface area contributed by atoms with Crippen LogP contribution >= 0.6 is 23.1 Å². The van der Waals surface area contributed by atoms with Crippen molar-refractivity contribution < 1.29 is 0 Å². The molecule has 10 heavy (non-hydrogen) atoms. The van der Waals surface area contributed by atoms with Crippen molar-refractivity contribution in [3.63, 3.8) is 0 Å². The van der Waals surface area contributed by atoms with E-state index in [-0.39, 0.29) is 0 Å². The van der Waals surface area contributed by atoms with E-state index in [1.165, 1.54) is 9.09 Å². The lowest BCUT2D eigenvalue weighted by molar-refractivity contribution is 0.989. The van der Waals surface area contributed by atoms with E-state index in [0.29, 0.717) is 0 Å². The molecule has 0 atom stereocenters. The third-order valence-electron chi connectivity index (χ3n) is 1.23. The molecule has 2 N–H and O–H groups in total. The van der Waals surface area contributed by atoms with Crippen LogP contribution in [0, 0.1) is 0 Å². The van der Waals surface area contributed by atoms with Crippen molar-refractivity contribution in [3.05, 3.63) is 17.0 Å². The van der Waals surface area contributed by atoms with Crippen LogP contribution in [0.5, 0.6) is 0 Å². The molecule has 0 radical (unpaired) electrons. The largest absolute Gasteiger partial charge is 0.330 e. The summed E-state index contributed by atoms with van der Waals surface area (Å²) in [4.78, 5) is 1.40. The summed E-state index contributed by atoms with van der Waals surface area (Å²) < 4.78 is 1.38. The molecule has 0 aliphatic rings. The quantitative estimate of drug-likeness (QED) is 0.707. The van der Waals surface area contributed by atoms with Crippen molar-refractivity contribution >= 4 is 23.1 Å². The topological polar surface area (TPSA) is 26.0 Å². The van der Waals surface area contributed by atoms with Crippen LogP contribution in [-0.2, 0) is 6.42 Å². The van der Waals surface area contributed by atoms with Gasteiger partial charge < -0.3 is 5.73 Å². The number of nitrogens with two attached hydrogens (primary N) is 1. The van der Waals surface area contributed by atoms with Gasteiger partial charge in [-0.15, -0.1) is 23.1 Å². The lowest BCUT2D eigenvalue weighted by Gasteiger charge is -1.88. The zero-order valence-electron chi connectivity index (χ0n) is 5.96. The highest BCUT2D eigenvalue weighted by Gasteiger charge is 1.95. The minimum atomic E-state index is 0.758. The van der Waals surface area contributed by atoms with Crippen molar-refractivity contribution in [1.82, 2.24) is 0 Å². The number of hydrogen-bond acceptors (Lipinski definition) is 3. The van der Waals surface area contributed by atoms with E-state index in [1.54, 1.807) is 11.8 Å². The smallest absolute Gasteiger partial charge is 0.0598 e. The van der Waals surface area contributed by atoms with Crippen molar-refractivity contribution in [2.45, 2.75) is 10.6 Å². The summed E-state index contributed by atoms with van der Waals surface area (Å²) >= 11 is 3.63. The Bertz CT molecular complexity index is 195. The molecule has 0 amide bonds. The zero-order chi connectivity index (χ0) is 7.40. The molecule has 1 aromatic rings. The van der Waals surface area contributed by atoms with Crippen LogP contribution in [0.15, 0.2) is 16.3 Å². The van der Waals surface area contributed by atoms with Crippen molar-refractivity contribution in [3.8, 4) is 0 Å². The number of thiophene rings is 1. The van der Waals surface area contributed by atoms with Gasteiger partial charge in [0.2, 0.25) is 0 Å². The third kappa shape index (κ3) is 2.01. The summed E-state index contributed by atoms with van der Waals surface area (Å²) in [5.74, 6) is 0. The van der Waals surface area contributed by atoms with Gasteiger partial charge in [0.05, 0.1) is 4.21 Å². The lowest BCUT2D eigenvalue weighted by atomic mass is 10.3. The van der Waals surface area contributed by atoms with Gasteiger partial charge >= 0.3 is 0 Å². The Hall–Kier alpha value is 0.01000. The predicted octanol–water partition coefficient (Wildman–Crippen LogP) is 1.97. The molecule has 0 aliphatic heterocycles. The molecule has 0 spiro atoms. The zero-order valence-corrected chi connectivity index (χ0v) is 7.60. The van der Waals surface area contributed by atoms with Crippen LogP contribution in [-0.4, -0.2) is 12.8 Å². The molecule has 0 unspecified atom stereocenters. The highest BCUT2D eigenvalue weighted by atomic mass is 32.2. The van der Waals surface area contributed by atoms with Gasteiger partial charge in [0.1, 0.15) is 0 Å². The van der Waals surface area contributed by atoms with Crippen LogP contribution in [0.1, 0.15) is 4.88 Å². The summed E-state index contributed by atoms with van der Waals surface area (Å²) in [6.45, 7) is 0.758. The van der Waals surface area contributed by atoms with Crippen molar-refractivity contribution in [2.24, 2.45) is 5.73 Å². The molecular weight excluding hydrogens is 162 g/mol. The van der Waals surface area contributed by atoms with Crippen LogP contribution in [0.3, 0.4) is 0 Å². The molecule has 1 aromatic heterocycles. The maximum absolute atomic E-state index is 5.41. The van der Waals surface area contributed by atoms with E-state index in [9.17, 15) is 0 Å². The average Bonchev–Trinajstić information content (AvgIpc) is 2.37. The molecule has 1 heterocycles. The molecule has 1 nitrogen and oxygen atoms in total. The maximum Gasteiger partial charge on any atom is 0.0598 e. The van der Waals surface area contributed by atoms with Crippen molar-refractivity contribution in [1.29, 1.82) is 0 Å². The lowest BCUT2D eigenvalue weighted by Crippen LogP contribution is -2.00. The molecule has 3 heteroatoms. The highest BCUT2D eigenvalue weighted by Crippen LogP contribution is 2.24. The fourth-order valence-corrected chi connectivity index (χ4v) is 2.35. The first-order valence-electron chi connectivity index (χ1n) is 3.19. The summed E-state index contributed by atoms with van der Waals surface area (Å²) in [6.07, 6.45) is 3.11. The summed E-state index contributed by atoms with van der Waals surface area (Å²) in [5, 5.41) is 0. The van der Waals surface area contributed by atoms with Gasteiger partial charge in [0.25, 0.3) is 0 Å². The second-order valence-corrected chi connectivity index (χ2v) is 4.24. The SMILES string of the molecule is CSc1ccc(CCN)s1. The normalized spacial score (nSPS) is 10.2. The van der Waals surface area contributed by atoms with Gasteiger partial charge in [-0.05, 0) is 31.4 Å². The first kappa shape index (κ1) is 8.11. The Balaban J connectivity index is 2.59. The van der Waals surface area contributed by atoms with Gasteiger partial charge in [0, 0.05) is 4.88 Å². The summed E-state index contributed by atoms with van der Waals surface area (Å²) in [7, 11) is 0. The van der Waals surface area contributed by atoms with E-state index in [1.807, 2.05) is 11.3 Å². The second-order valence-electron chi connectivity index (χ2n) is 1.96. The van der Waals surface area contributed by atoms with Gasteiger partial charge in [-0.1, -0.05) is 0 Å². The third-order valence-corrected chi connectivity index (χ3v) is 3.46. The van der Waals surface area contributed by atoms with E-state index in [2.05, 4.69) is 18.4 Å². The van der Waals surface area contributed by atoms with Crippen LogP contribution in [0.4, 0.5) is 0 Å². The Morgan fingerprint density at radius 2 is 2.40 bits per heavy atom. The first-order chi connectivity index (χ1) is 4.86. The van der Waals surface area contributed by atoms with Gasteiger partial charge in [0.15, 0.2) is 0 Å². The fraction of sp³-hybridized carbons (Fsp3) is 0.429. The molecule has 0 fully saturated rings. The van der Waals surface area contributed by atoms with Crippen molar-refractivity contribution in [2.75, 3.05) is 12.8 Å². The maximum atomic E-state index is 5.41.